The van der Waals surface area contributed by atoms with Gasteiger partial charge in [0, 0.05) is 17.8 Å². The van der Waals surface area contributed by atoms with Crippen LogP contribution >= 0.6 is 0 Å². The van der Waals surface area contributed by atoms with Gasteiger partial charge in [0.2, 0.25) is 11.8 Å². The number of hydrogen-bond acceptors (Lipinski definition) is 7. The van der Waals surface area contributed by atoms with Crippen LogP contribution in [0.15, 0.2) is 42.9 Å². The number of pyridine rings is 2. The zero-order chi connectivity index (χ0) is 25.5. The van der Waals surface area contributed by atoms with E-state index < -0.39 is 11.5 Å². The fourth-order valence-corrected chi connectivity index (χ4v) is 5.19. The Bertz CT molecular complexity index is 1280. The van der Waals surface area contributed by atoms with Crippen molar-refractivity contribution in [3.63, 3.8) is 0 Å². The first kappa shape index (κ1) is 24.1. The summed E-state index contributed by atoms with van der Waals surface area (Å²) >= 11 is 0. The monoisotopic (exact) mass is 493 g/mol. The van der Waals surface area contributed by atoms with Gasteiger partial charge < -0.3 is 25.6 Å². The molecule has 3 aromatic heterocycles. The summed E-state index contributed by atoms with van der Waals surface area (Å²) in [5.41, 5.74) is 6.64. The van der Waals surface area contributed by atoms with E-state index in [1.54, 1.807) is 49.1 Å². The number of rotatable bonds is 9. The average Bonchev–Trinajstić information content (AvgIpc) is 3.16. The average molecular weight is 494 g/mol. The van der Waals surface area contributed by atoms with E-state index in [9.17, 15) is 14.7 Å². The number of fused-ring (bicyclic) bond motifs is 1. The maximum Gasteiger partial charge on any atom is 0.254 e. The van der Waals surface area contributed by atoms with Gasteiger partial charge >= 0.3 is 0 Å². The lowest BCUT2D eigenvalue weighted by Gasteiger charge is -2.57. The van der Waals surface area contributed by atoms with E-state index in [0.717, 1.165) is 36.8 Å². The maximum atomic E-state index is 12.7. The van der Waals surface area contributed by atoms with Gasteiger partial charge in [-0.15, -0.1) is 0 Å². The van der Waals surface area contributed by atoms with E-state index in [4.69, 9.17) is 15.2 Å². The first-order chi connectivity index (χ1) is 17.1. The smallest absolute Gasteiger partial charge is 0.254 e. The molecule has 3 heterocycles. The van der Waals surface area contributed by atoms with Crippen molar-refractivity contribution in [3.8, 4) is 11.6 Å². The lowest BCUT2D eigenvalue weighted by atomic mass is 9.53. The van der Waals surface area contributed by atoms with Crippen LogP contribution in [0.5, 0.6) is 11.6 Å². The van der Waals surface area contributed by atoms with Gasteiger partial charge in [-0.2, -0.15) is 5.10 Å². The van der Waals surface area contributed by atoms with Gasteiger partial charge in [-0.3, -0.25) is 9.59 Å². The fraction of sp³-hybridized carbons (Fsp3) is 0.462. The normalized spacial score (nSPS) is 23.1. The molecule has 1 spiro atoms. The number of nitrogens with zero attached hydrogens (tertiary/aromatic N) is 3. The summed E-state index contributed by atoms with van der Waals surface area (Å²) in [6.07, 6.45) is 8.86. The minimum Gasteiger partial charge on any atom is -0.489 e. The largest absolute Gasteiger partial charge is 0.489 e. The minimum atomic E-state index is -0.927. The molecular weight excluding hydrogens is 462 g/mol. The van der Waals surface area contributed by atoms with Crippen LogP contribution in [0.25, 0.3) is 5.52 Å². The van der Waals surface area contributed by atoms with E-state index in [0.29, 0.717) is 17.2 Å². The molecular formula is C26H31N5O5. The zero-order valence-corrected chi connectivity index (χ0v) is 20.4. The van der Waals surface area contributed by atoms with E-state index in [1.165, 1.54) is 0 Å². The van der Waals surface area contributed by atoms with Gasteiger partial charge in [0.15, 0.2) is 0 Å². The fourth-order valence-electron chi connectivity index (χ4n) is 5.19. The molecule has 10 nitrogen and oxygen atoms in total. The number of primary amides is 1. The second-order valence-corrected chi connectivity index (χ2v) is 10.7. The van der Waals surface area contributed by atoms with Crippen LogP contribution in [-0.4, -0.2) is 55.9 Å². The second kappa shape index (κ2) is 9.09. The highest BCUT2D eigenvalue weighted by molar-refractivity contribution is 5.94. The molecule has 0 unspecified atom stereocenters. The maximum absolute atomic E-state index is 12.7. The van der Waals surface area contributed by atoms with Gasteiger partial charge in [-0.05, 0) is 69.2 Å². The Labute approximate surface area is 208 Å². The molecule has 3 aromatic rings. The Kier molecular flexibility index (Phi) is 6.07. The quantitative estimate of drug-likeness (QED) is 0.414. The number of carbonyl (C=O) groups excluding carboxylic acids is 2. The summed E-state index contributed by atoms with van der Waals surface area (Å²) in [7, 11) is 0. The number of aromatic nitrogens is 3. The van der Waals surface area contributed by atoms with Gasteiger partial charge in [-0.25, -0.2) is 9.50 Å². The number of carbonyl (C=O) groups is 2. The number of amides is 2. The Morgan fingerprint density at radius 1 is 1.25 bits per heavy atom. The van der Waals surface area contributed by atoms with E-state index >= 15 is 0 Å². The third-order valence-electron chi connectivity index (χ3n) is 6.87. The number of hydrogen-bond donors (Lipinski definition) is 3. The second-order valence-electron chi connectivity index (χ2n) is 10.7. The molecule has 190 valence electrons. The van der Waals surface area contributed by atoms with E-state index in [-0.39, 0.29) is 36.5 Å². The molecule has 2 aliphatic rings. The van der Waals surface area contributed by atoms with Crippen molar-refractivity contribution < 1.29 is 24.2 Å². The summed E-state index contributed by atoms with van der Waals surface area (Å²) in [5.74, 6) is 0.307. The standard InChI is InChI=1S/C26H31N5O5/c1-25(2,34)15-35-18-5-6-21-16(13-29-31(21)14-18)8-22(32)30-17-9-26(10-17)11-19(12-26)36-24-20(23(27)33)4-3-7-28-24/h3-7,13-14,17,19,34H,8-12,15H2,1-2H3,(H2,27,33)(H,30,32). The van der Waals surface area contributed by atoms with Crippen LogP contribution in [0.3, 0.4) is 0 Å². The first-order valence-corrected chi connectivity index (χ1v) is 12.1. The van der Waals surface area contributed by atoms with Crippen molar-refractivity contribution in [1.82, 2.24) is 19.9 Å². The summed E-state index contributed by atoms with van der Waals surface area (Å²) in [6, 6.07) is 7.10. The molecule has 0 atom stereocenters. The van der Waals surface area contributed by atoms with Crippen LogP contribution in [0.4, 0.5) is 0 Å². The molecule has 4 N–H and O–H groups in total. The highest BCUT2D eigenvalue weighted by Gasteiger charge is 2.54. The summed E-state index contributed by atoms with van der Waals surface area (Å²) < 4.78 is 13.2. The van der Waals surface area contributed by atoms with Crippen LogP contribution in [0.1, 0.15) is 55.5 Å². The third-order valence-corrected chi connectivity index (χ3v) is 6.87. The Balaban J connectivity index is 1.09. The van der Waals surface area contributed by atoms with Crippen molar-refractivity contribution in [2.45, 2.75) is 63.7 Å². The molecule has 10 heteroatoms. The molecule has 0 saturated heterocycles. The minimum absolute atomic E-state index is 0.00533. The van der Waals surface area contributed by atoms with Gasteiger partial charge in [0.1, 0.15) is 24.0 Å². The topological polar surface area (TPSA) is 141 Å². The number of nitrogens with one attached hydrogen (secondary N) is 1. The molecule has 0 radical (unpaired) electrons. The molecule has 36 heavy (non-hydrogen) atoms. The van der Waals surface area contributed by atoms with Crippen molar-refractivity contribution >= 4 is 17.3 Å². The van der Waals surface area contributed by atoms with Crippen LogP contribution in [0.2, 0.25) is 0 Å². The predicted octanol–water partition coefficient (Wildman–Crippen LogP) is 2.03. The molecule has 0 aliphatic heterocycles. The predicted molar refractivity (Wildman–Crippen MR) is 131 cm³/mol. The molecule has 2 saturated carbocycles. The van der Waals surface area contributed by atoms with Crippen LogP contribution < -0.4 is 20.5 Å². The van der Waals surface area contributed by atoms with Crippen molar-refractivity contribution in [2.24, 2.45) is 11.1 Å². The molecule has 2 aliphatic carbocycles. The van der Waals surface area contributed by atoms with Crippen molar-refractivity contribution in [2.75, 3.05) is 6.61 Å². The van der Waals surface area contributed by atoms with E-state index in [2.05, 4.69) is 15.4 Å². The highest BCUT2D eigenvalue weighted by atomic mass is 16.5. The van der Waals surface area contributed by atoms with Crippen molar-refractivity contribution in [1.29, 1.82) is 0 Å². The summed E-state index contributed by atoms with van der Waals surface area (Å²) in [5, 5.41) is 17.3. The molecule has 5 rings (SSSR count). The molecule has 2 fully saturated rings. The van der Waals surface area contributed by atoms with E-state index in [1.807, 2.05) is 12.1 Å². The number of ether oxygens (including phenoxy) is 2. The first-order valence-electron chi connectivity index (χ1n) is 12.1. The lowest BCUT2D eigenvalue weighted by Crippen LogP contribution is -2.59. The van der Waals surface area contributed by atoms with Gasteiger partial charge in [-0.1, -0.05) is 0 Å². The molecule has 0 aromatic carbocycles. The van der Waals surface area contributed by atoms with Gasteiger partial charge in [0.25, 0.3) is 5.91 Å². The Hall–Kier alpha value is -3.66. The SMILES string of the molecule is CC(C)(O)COc1ccc2c(CC(=O)NC3CC4(C3)CC(Oc3ncccc3C(N)=O)C4)cnn2c1. The highest BCUT2D eigenvalue weighted by Crippen LogP contribution is 2.56. The van der Waals surface area contributed by atoms with Crippen LogP contribution in [-0.2, 0) is 11.2 Å². The Morgan fingerprint density at radius 2 is 2.03 bits per heavy atom. The third kappa shape index (κ3) is 5.13. The van der Waals surface area contributed by atoms with Gasteiger partial charge in [0.05, 0.1) is 29.9 Å². The molecule has 2 amide bonds. The van der Waals surface area contributed by atoms with Crippen molar-refractivity contribution in [3.05, 3.63) is 54.0 Å². The molecule has 0 bridgehead atoms. The number of aliphatic hydroxyl groups is 1. The summed E-state index contributed by atoms with van der Waals surface area (Å²) in [4.78, 5) is 28.4. The summed E-state index contributed by atoms with van der Waals surface area (Å²) in [6.45, 7) is 3.53. The Morgan fingerprint density at radius 3 is 2.75 bits per heavy atom. The lowest BCUT2D eigenvalue weighted by molar-refractivity contribution is -0.127. The van der Waals surface area contributed by atoms with Crippen LogP contribution in [0, 0.1) is 5.41 Å². The zero-order valence-electron chi connectivity index (χ0n) is 20.4. The number of nitrogens with two attached hydrogens (primary N) is 1.